The fourth-order valence-electron chi connectivity index (χ4n) is 6.38. The largest absolute Gasteiger partial charge is 0.341 e. The average Bonchev–Trinajstić information content (AvgIpc) is 3.85. The van der Waals surface area contributed by atoms with Gasteiger partial charge >= 0.3 is 0 Å². The van der Waals surface area contributed by atoms with Crippen molar-refractivity contribution in [2.75, 3.05) is 13.1 Å². The zero-order chi connectivity index (χ0) is 28.8. The normalized spacial score (nSPS) is 20.5. The topological polar surface area (TPSA) is 129 Å². The summed E-state index contributed by atoms with van der Waals surface area (Å²) in [6.07, 6.45) is 6.95. The molecule has 2 saturated heterocycles. The highest BCUT2D eigenvalue weighted by Crippen LogP contribution is 2.34. The number of fused-ring (bicyclic) bond motifs is 2. The number of hydrogen-bond donors (Lipinski definition) is 4. The van der Waals surface area contributed by atoms with Crippen molar-refractivity contribution in [3.8, 4) is 22.5 Å². The van der Waals surface area contributed by atoms with Gasteiger partial charge in [0, 0.05) is 23.1 Å². The fourth-order valence-corrected chi connectivity index (χ4v) is 6.38. The van der Waals surface area contributed by atoms with E-state index in [-0.39, 0.29) is 17.9 Å². The number of rotatable bonds is 7. The molecule has 2 aliphatic rings. The maximum Gasteiger partial charge on any atom is 0.240 e. The molecule has 5 aromatic rings. The smallest absolute Gasteiger partial charge is 0.240 e. The molecule has 0 aliphatic carbocycles. The van der Waals surface area contributed by atoms with Crippen LogP contribution in [0.15, 0.2) is 54.7 Å². The second kappa shape index (κ2) is 11.0. The van der Waals surface area contributed by atoms with E-state index in [2.05, 4.69) is 69.7 Å². The van der Waals surface area contributed by atoms with Crippen LogP contribution >= 0.6 is 0 Å². The molecule has 3 aromatic heterocycles. The van der Waals surface area contributed by atoms with E-state index in [0.717, 1.165) is 94.9 Å². The number of imidazole rings is 2. The van der Waals surface area contributed by atoms with Crippen LogP contribution in [0.25, 0.3) is 44.5 Å². The highest BCUT2D eigenvalue weighted by molar-refractivity contribution is 5.88. The first-order chi connectivity index (χ1) is 20.5. The van der Waals surface area contributed by atoms with Crippen LogP contribution in [0.5, 0.6) is 0 Å². The Hall–Kier alpha value is -4.08. The number of pyridine rings is 1. The van der Waals surface area contributed by atoms with Crippen molar-refractivity contribution in [1.82, 2.24) is 35.1 Å². The lowest BCUT2D eigenvalue weighted by Gasteiger charge is -2.28. The first-order valence-corrected chi connectivity index (χ1v) is 15.2. The summed E-state index contributed by atoms with van der Waals surface area (Å²) < 4.78 is 0. The van der Waals surface area contributed by atoms with Crippen LogP contribution in [0.2, 0.25) is 0 Å². The average molecular weight is 563 g/mol. The van der Waals surface area contributed by atoms with Crippen molar-refractivity contribution < 1.29 is 4.79 Å². The van der Waals surface area contributed by atoms with Crippen molar-refractivity contribution in [2.24, 2.45) is 11.7 Å². The number of H-pyrrole nitrogens is 2. The number of aromatic nitrogens is 5. The number of benzene rings is 2. The molecule has 5 N–H and O–H groups in total. The van der Waals surface area contributed by atoms with E-state index < -0.39 is 6.04 Å². The second-order valence-corrected chi connectivity index (χ2v) is 11.9. The molecule has 7 rings (SSSR count). The number of hydrogen-bond acceptors (Lipinski definition) is 6. The summed E-state index contributed by atoms with van der Waals surface area (Å²) in [4.78, 5) is 36.6. The molecule has 216 valence electrons. The van der Waals surface area contributed by atoms with Gasteiger partial charge in [0.05, 0.1) is 52.3 Å². The van der Waals surface area contributed by atoms with Gasteiger partial charge in [-0.2, -0.15) is 0 Å². The molecular weight excluding hydrogens is 524 g/mol. The number of nitrogens with zero attached hydrogens (tertiary/aromatic N) is 4. The van der Waals surface area contributed by atoms with Gasteiger partial charge in [0.15, 0.2) is 0 Å². The van der Waals surface area contributed by atoms with Crippen LogP contribution in [0, 0.1) is 5.92 Å². The molecule has 0 spiro atoms. The SMILES string of the molecule is CC[C@H](C)[C@H](N)C(=O)N1CCC[C@H]1c1nc2ccc(-c3ccc4cc(-c5cnc([C@@H]6CCCN6)[nH]5)ccc4n3)cc2[nH]1. The lowest BCUT2D eigenvalue weighted by molar-refractivity contribution is -0.134. The van der Waals surface area contributed by atoms with Gasteiger partial charge in [-0.15, -0.1) is 0 Å². The molecule has 9 heteroatoms. The highest BCUT2D eigenvalue weighted by atomic mass is 16.2. The Balaban J connectivity index is 1.13. The van der Waals surface area contributed by atoms with E-state index in [1.807, 2.05) is 24.1 Å². The molecule has 0 saturated carbocycles. The molecule has 0 radical (unpaired) electrons. The van der Waals surface area contributed by atoms with Gasteiger partial charge in [-0.25, -0.2) is 15.0 Å². The van der Waals surface area contributed by atoms with Crippen molar-refractivity contribution in [2.45, 2.75) is 64.1 Å². The van der Waals surface area contributed by atoms with Crippen molar-refractivity contribution >= 4 is 27.8 Å². The van der Waals surface area contributed by atoms with Crippen LogP contribution in [0.4, 0.5) is 0 Å². The van der Waals surface area contributed by atoms with Gasteiger partial charge < -0.3 is 25.9 Å². The van der Waals surface area contributed by atoms with Crippen LogP contribution in [0.1, 0.15) is 69.7 Å². The lowest BCUT2D eigenvalue weighted by atomic mass is 9.98. The number of amides is 1. The molecule has 4 atom stereocenters. The van der Waals surface area contributed by atoms with E-state index >= 15 is 0 Å². The van der Waals surface area contributed by atoms with E-state index in [9.17, 15) is 4.79 Å². The molecule has 2 fully saturated rings. The maximum absolute atomic E-state index is 13.2. The lowest BCUT2D eigenvalue weighted by Crippen LogP contribution is -2.46. The summed E-state index contributed by atoms with van der Waals surface area (Å²) in [5.41, 5.74) is 13.1. The van der Waals surface area contributed by atoms with Crippen LogP contribution in [-0.2, 0) is 4.79 Å². The number of nitrogens with two attached hydrogens (primary N) is 1. The van der Waals surface area contributed by atoms with Crippen molar-refractivity contribution in [1.29, 1.82) is 0 Å². The van der Waals surface area contributed by atoms with Gasteiger partial charge in [0.2, 0.25) is 5.91 Å². The minimum atomic E-state index is -0.479. The summed E-state index contributed by atoms with van der Waals surface area (Å²) in [7, 11) is 0. The van der Waals surface area contributed by atoms with Crippen molar-refractivity contribution in [3.05, 3.63) is 66.4 Å². The molecule has 1 amide bonds. The molecule has 2 aromatic carbocycles. The predicted molar refractivity (Wildman–Crippen MR) is 166 cm³/mol. The Labute approximate surface area is 245 Å². The first kappa shape index (κ1) is 26.8. The molecule has 5 heterocycles. The quantitative estimate of drug-likeness (QED) is 0.204. The Morgan fingerprint density at radius 3 is 2.69 bits per heavy atom. The van der Waals surface area contributed by atoms with E-state index in [1.54, 1.807) is 0 Å². The number of aromatic amines is 2. The summed E-state index contributed by atoms with van der Waals surface area (Å²) in [6, 6.07) is 16.5. The number of likely N-dealkylation sites (tertiary alicyclic amines) is 1. The standard InChI is InChI=1S/C33H38N8O/c1-3-19(2)30(34)33(42)41-15-5-7-29(41)32-38-25-13-10-22(17-27(25)39-32)24-11-8-20-16-21(9-12-23(20)37-24)28-18-36-31(40-28)26-6-4-14-35-26/h8-13,16-19,26,29-30,35H,3-7,14-15,34H2,1-2H3,(H,36,40)(H,38,39)/t19-,26-,29-,30-/m0/s1. The number of nitrogens with one attached hydrogen (secondary N) is 3. The van der Waals surface area contributed by atoms with Crippen LogP contribution in [-0.4, -0.2) is 54.9 Å². The molecule has 2 aliphatic heterocycles. The zero-order valence-corrected chi connectivity index (χ0v) is 24.2. The molecule has 9 nitrogen and oxygen atoms in total. The fraction of sp³-hybridized carbons (Fsp3) is 0.394. The van der Waals surface area contributed by atoms with Gasteiger partial charge in [0.25, 0.3) is 0 Å². The third kappa shape index (κ3) is 4.86. The third-order valence-electron chi connectivity index (χ3n) is 9.18. The van der Waals surface area contributed by atoms with E-state index in [4.69, 9.17) is 15.7 Å². The molecular formula is C33H38N8O. The molecule has 0 bridgehead atoms. The van der Waals surface area contributed by atoms with Crippen molar-refractivity contribution in [3.63, 3.8) is 0 Å². The van der Waals surface area contributed by atoms with E-state index in [0.29, 0.717) is 6.04 Å². The Morgan fingerprint density at radius 2 is 1.86 bits per heavy atom. The Kier molecular flexibility index (Phi) is 6.99. The zero-order valence-electron chi connectivity index (χ0n) is 24.2. The van der Waals surface area contributed by atoms with Gasteiger partial charge in [0.1, 0.15) is 11.6 Å². The van der Waals surface area contributed by atoms with Gasteiger partial charge in [-0.05, 0) is 68.5 Å². The second-order valence-electron chi connectivity index (χ2n) is 11.9. The predicted octanol–water partition coefficient (Wildman–Crippen LogP) is 5.63. The molecule has 0 unspecified atom stereocenters. The number of carbonyl (C=O) groups excluding carboxylic acids is 1. The summed E-state index contributed by atoms with van der Waals surface area (Å²) in [5.74, 6) is 2.01. The summed E-state index contributed by atoms with van der Waals surface area (Å²) in [5, 5.41) is 4.58. The summed E-state index contributed by atoms with van der Waals surface area (Å²) >= 11 is 0. The minimum Gasteiger partial charge on any atom is -0.341 e. The highest BCUT2D eigenvalue weighted by Gasteiger charge is 2.35. The van der Waals surface area contributed by atoms with Crippen LogP contribution in [0.3, 0.4) is 0 Å². The Bertz CT molecular complexity index is 1750. The summed E-state index contributed by atoms with van der Waals surface area (Å²) in [6.45, 7) is 5.88. The van der Waals surface area contributed by atoms with E-state index in [1.165, 1.54) is 6.42 Å². The monoisotopic (exact) mass is 562 g/mol. The minimum absolute atomic E-state index is 0.0234. The Morgan fingerprint density at radius 1 is 1.00 bits per heavy atom. The number of carbonyl (C=O) groups is 1. The van der Waals surface area contributed by atoms with Gasteiger partial charge in [-0.1, -0.05) is 38.5 Å². The van der Waals surface area contributed by atoms with Gasteiger partial charge in [-0.3, -0.25) is 4.79 Å². The third-order valence-corrected chi connectivity index (χ3v) is 9.18. The maximum atomic E-state index is 13.2. The first-order valence-electron chi connectivity index (χ1n) is 15.2. The van der Waals surface area contributed by atoms with Crippen LogP contribution < -0.4 is 11.1 Å². The molecule has 42 heavy (non-hydrogen) atoms.